The number of hydrogen-bond acceptors (Lipinski definition) is 9. The van der Waals surface area contributed by atoms with Gasteiger partial charge in [0, 0.05) is 25.9 Å². The van der Waals surface area contributed by atoms with Gasteiger partial charge in [-0.05, 0) is 65.7 Å². The van der Waals surface area contributed by atoms with Crippen LogP contribution in [0.15, 0.2) is 0 Å². The molecule has 196 valence electrons. The summed E-state index contributed by atoms with van der Waals surface area (Å²) >= 11 is 0. The number of hydrogen-bond donors (Lipinski definition) is 5. The zero-order chi connectivity index (χ0) is 24.9. The van der Waals surface area contributed by atoms with E-state index in [9.17, 15) is 19.8 Å². The van der Waals surface area contributed by atoms with Gasteiger partial charge < -0.3 is 35.6 Å². The van der Waals surface area contributed by atoms with Crippen LogP contribution in [0.2, 0.25) is 0 Å². The van der Waals surface area contributed by atoms with Gasteiger partial charge in [0.15, 0.2) is 0 Å². The smallest absolute Gasteiger partial charge is 0.307 e. The fourth-order valence-corrected chi connectivity index (χ4v) is 3.20. The Labute approximate surface area is 200 Å². The van der Waals surface area contributed by atoms with Crippen LogP contribution in [0, 0.1) is 0 Å². The molecule has 0 amide bonds. The molecule has 9 heteroatoms. The summed E-state index contributed by atoms with van der Waals surface area (Å²) in [5.74, 6) is -0.469. The van der Waals surface area contributed by atoms with Gasteiger partial charge in [0.1, 0.15) is 12.2 Å². The van der Waals surface area contributed by atoms with Crippen molar-refractivity contribution in [3.63, 3.8) is 0 Å². The molecule has 4 atom stereocenters. The Hall–Kier alpha value is -1.26. The molecular formula is C24H49N3O6. The van der Waals surface area contributed by atoms with E-state index in [1.54, 1.807) is 0 Å². The van der Waals surface area contributed by atoms with E-state index in [2.05, 4.69) is 16.0 Å². The predicted molar refractivity (Wildman–Crippen MR) is 130 cm³/mol. The molecule has 0 aliphatic carbocycles. The molecule has 0 aromatic heterocycles. The number of carbonyl (C=O) groups is 2. The molecular weight excluding hydrogens is 426 g/mol. The molecule has 0 aliphatic heterocycles. The summed E-state index contributed by atoms with van der Waals surface area (Å²) in [4.78, 5) is 23.5. The van der Waals surface area contributed by atoms with Crippen LogP contribution in [-0.2, 0) is 19.1 Å². The topological polar surface area (TPSA) is 129 Å². The molecule has 0 rings (SSSR count). The largest absolute Gasteiger partial charge is 0.463 e. The number of esters is 2. The van der Waals surface area contributed by atoms with Crippen molar-refractivity contribution in [3.8, 4) is 0 Å². The Morgan fingerprint density at radius 1 is 0.667 bits per heavy atom. The molecule has 33 heavy (non-hydrogen) atoms. The standard InChI is InChI=1S/C24H49N3O6/c1-5-21(28)17-19(3)32-23(30)9-15-26-13-7-11-25-12-8-14-27-16-10-24(31)33-20(4)18-22(29)6-2/h19-22,25-29H,5-18H2,1-4H3. The Kier molecular flexibility index (Phi) is 20.5. The Bertz CT molecular complexity index is 453. The van der Waals surface area contributed by atoms with Gasteiger partial charge in [0.05, 0.1) is 25.0 Å². The van der Waals surface area contributed by atoms with Crippen molar-refractivity contribution < 1.29 is 29.3 Å². The molecule has 9 nitrogen and oxygen atoms in total. The van der Waals surface area contributed by atoms with Crippen molar-refractivity contribution >= 4 is 11.9 Å². The number of aliphatic hydroxyl groups is 2. The first-order valence-electron chi connectivity index (χ1n) is 12.7. The minimum atomic E-state index is -0.418. The average Bonchev–Trinajstić information content (AvgIpc) is 2.76. The number of rotatable bonds is 22. The van der Waals surface area contributed by atoms with Crippen LogP contribution in [0.5, 0.6) is 0 Å². The van der Waals surface area contributed by atoms with Gasteiger partial charge in [-0.3, -0.25) is 9.59 Å². The Morgan fingerprint density at radius 3 is 1.33 bits per heavy atom. The monoisotopic (exact) mass is 475 g/mol. The van der Waals surface area contributed by atoms with Gasteiger partial charge in [-0.1, -0.05) is 13.8 Å². The fourth-order valence-electron chi connectivity index (χ4n) is 3.20. The molecule has 0 aliphatic rings. The van der Waals surface area contributed by atoms with Crippen molar-refractivity contribution in [1.29, 1.82) is 0 Å². The van der Waals surface area contributed by atoms with Crippen molar-refractivity contribution in [3.05, 3.63) is 0 Å². The van der Waals surface area contributed by atoms with Crippen LogP contribution < -0.4 is 16.0 Å². The van der Waals surface area contributed by atoms with Crippen molar-refractivity contribution in [2.75, 3.05) is 39.3 Å². The van der Waals surface area contributed by atoms with Crippen molar-refractivity contribution in [2.24, 2.45) is 0 Å². The van der Waals surface area contributed by atoms with E-state index in [-0.39, 0.29) is 24.1 Å². The summed E-state index contributed by atoms with van der Waals surface area (Å²) in [5, 5.41) is 29.0. The normalized spacial score (nSPS) is 15.0. The lowest BCUT2D eigenvalue weighted by Crippen LogP contribution is -2.28. The van der Waals surface area contributed by atoms with Gasteiger partial charge in [-0.25, -0.2) is 0 Å². The second kappa shape index (κ2) is 21.3. The molecule has 0 radical (unpaired) electrons. The van der Waals surface area contributed by atoms with E-state index in [0.29, 0.717) is 51.6 Å². The lowest BCUT2D eigenvalue weighted by Gasteiger charge is -2.16. The molecule has 0 aromatic rings. The summed E-state index contributed by atoms with van der Waals surface area (Å²) in [6.07, 6.45) is 3.54. The highest BCUT2D eigenvalue weighted by molar-refractivity contribution is 5.70. The highest BCUT2D eigenvalue weighted by atomic mass is 16.5. The van der Waals surface area contributed by atoms with Gasteiger partial charge >= 0.3 is 11.9 Å². The molecule has 4 unspecified atom stereocenters. The number of ether oxygens (including phenoxy) is 2. The summed E-state index contributed by atoms with van der Waals surface area (Å²) in [5.41, 5.74) is 0. The van der Waals surface area contributed by atoms with Crippen molar-refractivity contribution in [2.45, 2.75) is 103 Å². The van der Waals surface area contributed by atoms with Gasteiger partial charge in [0.25, 0.3) is 0 Å². The maximum absolute atomic E-state index is 11.7. The van der Waals surface area contributed by atoms with Crippen LogP contribution >= 0.6 is 0 Å². The maximum atomic E-state index is 11.7. The highest BCUT2D eigenvalue weighted by Gasteiger charge is 2.14. The average molecular weight is 476 g/mol. The summed E-state index contributed by atoms with van der Waals surface area (Å²) < 4.78 is 10.6. The lowest BCUT2D eigenvalue weighted by atomic mass is 10.1. The van der Waals surface area contributed by atoms with Gasteiger partial charge in [-0.15, -0.1) is 0 Å². The second-order valence-corrected chi connectivity index (χ2v) is 8.65. The quantitative estimate of drug-likeness (QED) is 0.117. The Morgan fingerprint density at radius 2 is 1.00 bits per heavy atom. The molecule has 0 spiro atoms. The zero-order valence-corrected chi connectivity index (χ0v) is 21.2. The fraction of sp³-hybridized carbons (Fsp3) is 0.917. The number of carbonyl (C=O) groups excluding carboxylic acids is 2. The SMILES string of the molecule is CCC(O)CC(C)OC(=O)CCNCCCNCCCNCCC(=O)OC(C)CC(O)CC. The van der Waals surface area contributed by atoms with Crippen LogP contribution in [0.3, 0.4) is 0 Å². The van der Waals surface area contributed by atoms with Crippen LogP contribution in [0.25, 0.3) is 0 Å². The van der Waals surface area contributed by atoms with E-state index in [1.807, 2.05) is 27.7 Å². The van der Waals surface area contributed by atoms with Gasteiger partial charge in [-0.2, -0.15) is 0 Å². The summed E-state index contributed by atoms with van der Waals surface area (Å²) in [7, 11) is 0. The number of aliphatic hydroxyl groups excluding tert-OH is 2. The Balaban J connectivity index is 3.41. The van der Waals surface area contributed by atoms with Crippen LogP contribution in [-0.4, -0.2) is 85.8 Å². The maximum Gasteiger partial charge on any atom is 0.307 e. The summed E-state index contributed by atoms with van der Waals surface area (Å²) in [6.45, 7) is 12.1. The van der Waals surface area contributed by atoms with E-state index in [4.69, 9.17) is 9.47 Å². The molecule has 0 saturated heterocycles. The van der Waals surface area contributed by atoms with E-state index >= 15 is 0 Å². The molecule has 0 aromatic carbocycles. The minimum Gasteiger partial charge on any atom is -0.463 e. The first-order chi connectivity index (χ1) is 15.8. The zero-order valence-electron chi connectivity index (χ0n) is 21.2. The van der Waals surface area contributed by atoms with E-state index in [0.717, 1.165) is 39.0 Å². The summed E-state index contributed by atoms with van der Waals surface area (Å²) in [6, 6.07) is 0. The van der Waals surface area contributed by atoms with Crippen molar-refractivity contribution in [1.82, 2.24) is 16.0 Å². The molecule has 0 heterocycles. The molecule has 5 N–H and O–H groups in total. The first-order valence-corrected chi connectivity index (χ1v) is 12.7. The first kappa shape index (κ1) is 31.7. The third kappa shape index (κ3) is 21.0. The lowest BCUT2D eigenvalue weighted by molar-refractivity contribution is -0.150. The molecule has 0 fully saturated rings. The third-order valence-corrected chi connectivity index (χ3v) is 5.24. The van der Waals surface area contributed by atoms with Crippen LogP contribution in [0.4, 0.5) is 0 Å². The van der Waals surface area contributed by atoms with Crippen LogP contribution in [0.1, 0.15) is 79.1 Å². The van der Waals surface area contributed by atoms with Gasteiger partial charge in [0.2, 0.25) is 0 Å². The molecule has 0 bridgehead atoms. The molecule has 0 saturated carbocycles. The predicted octanol–water partition coefficient (Wildman–Crippen LogP) is 1.50. The second-order valence-electron chi connectivity index (χ2n) is 8.65. The van der Waals surface area contributed by atoms with E-state index in [1.165, 1.54) is 0 Å². The number of nitrogens with one attached hydrogen (secondary N) is 3. The van der Waals surface area contributed by atoms with E-state index < -0.39 is 12.2 Å². The minimum absolute atomic E-state index is 0.234. The third-order valence-electron chi connectivity index (χ3n) is 5.24. The highest BCUT2D eigenvalue weighted by Crippen LogP contribution is 2.07.